The van der Waals surface area contributed by atoms with Gasteiger partial charge in [-0.25, -0.2) is 12.8 Å². The van der Waals surface area contributed by atoms with Gasteiger partial charge in [-0.15, -0.1) is 0 Å². The van der Waals surface area contributed by atoms with Crippen LogP contribution in [0.3, 0.4) is 0 Å². The number of fused-ring (bicyclic) bond motifs is 1. The molecule has 2 fully saturated rings. The van der Waals surface area contributed by atoms with E-state index in [1.807, 2.05) is 0 Å². The summed E-state index contributed by atoms with van der Waals surface area (Å²) in [6, 6.07) is 3.83. The molecular formula is C12H14BrFN2O2S. The highest BCUT2D eigenvalue weighted by atomic mass is 79.9. The maximum absolute atomic E-state index is 13.2. The number of halogens is 2. The second-order valence-electron chi connectivity index (χ2n) is 5.08. The Hall–Kier alpha value is -0.500. The summed E-state index contributed by atoms with van der Waals surface area (Å²) in [6.45, 7) is 2.86. The van der Waals surface area contributed by atoms with Gasteiger partial charge in [-0.05, 0) is 59.1 Å². The zero-order chi connectivity index (χ0) is 13.6. The van der Waals surface area contributed by atoms with E-state index in [-0.39, 0.29) is 9.37 Å². The summed E-state index contributed by atoms with van der Waals surface area (Å²) in [5.41, 5.74) is 0. The van der Waals surface area contributed by atoms with Crippen LogP contribution in [0.2, 0.25) is 0 Å². The molecule has 0 unspecified atom stereocenters. The lowest BCUT2D eigenvalue weighted by atomic mass is 10.0. The molecule has 1 aromatic carbocycles. The van der Waals surface area contributed by atoms with Gasteiger partial charge in [0.05, 0.1) is 9.37 Å². The van der Waals surface area contributed by atoms with Crippen LogP contribution in [0.15, 0.2) is 27.6 Å². The van der Waals surface area contributed by atoms with E-state index in [2.05, 4.69) is 21.2 Å². The van der Waals surface area contributed by atoms with Crippen LogP contribution in [-0.4, -0.2) is 38.9 Å². The first-order valence-electron chi connectivity index (χ1n) is 6.14. The normalized spacial score (nSPS) is 27.7. The Morgan fingerprint density at radius 1 is 1.26 bits per heavy atom. The zero-order valence-electron chi connectivity index (χ0n) is 10.1. The van der Waals surface area contributed by atoms with Crippen molar-refractivity contribution in [3.63, 3.8) is 0 Å². The van der Waals surface area contributed by atoms with Crippen LogP contribution in [0.1, 0.15) is 0 Å². The van der Waals surface area contributed by atoms with Crippen molar-refractivity contribution in [3.8, 4) is 0 Å². The lowest BCUT2D eigenvalue weighted by Crippen LogP contribution is -2.32. The average molecular weight is 349 g/mol. The highest BCUT2D eigenvalue weighted by Crippen LogP contribution is 2.31. The van der Waals surface area contributed by atoms with Crippen molar-refractivity contribution in [1.29, 1.82) is 0 Å². The second kappa shape index (κ2) is 4.80. The van der Waals surface area contributed by atoms with E-state index in [1.165, 1.54) is 22.5 Å². The van der Waals surface area contributed by atoms with Crippen LogP contribution in [0.25, 0.3) is 0 Å². The number of rotatable bonds is 2. The lowest BCUT2D eigenvalue weighted by molar-refractivity contribution is 0.448. The lowest BCUT2D eigenvalue weighted by Gasteiger charge is -2.17. The second-order valence-corrected chi connectivity index (χ2v) is 7.87. The molecule has 0 radical (unpaired) electrons. The van der Waals surface area contributed by atoms with Gasteiger partial charge in [-0.1, -0.05) is 0 Å². The first-order chi connectivity index (χ1) is 8.98. The third kappa shape index (κ3) is 2.33. The summed E-state index contributed by atoms with van der Waals surface area (Å²) in [6.07, 6.45) is 0. The zero-order valence-corrected chi connectivity index (χ0v) is 12.5. The van der Waals surface area contributed by atoms with Crippen LogP contribution in [0.4, 0.5) is 4.39 Å². The summed E-state index contributed by atoms with van der Waals surface area (Å²) in [5, 5.41) is 3.27. The van der Waals surface area contributed by atoms with Crippen molar-refractivity contribution in [3.05, 3.63) is 28.5 Å². The molecule has 4 nitrogen and oxygen atoms in total. The van der Waals surface area contributed by atoms with Gasteiger partial charge in [-0.2, -0.15) is 4.31 Å². The number of benzene rings is 1. The monoisotopic (exact) mass is 348 g/mol. The first kappa shape index (κ1) is 13.5. The number of hydrogen-bond donors (Lipinski definition) is 1. The smallest absolute Gasteiger partial charge is 0.243 e. The molecule has 1 N–H and O–H groups in total. The molecule has 0 spiro atoms. The molecule has 0 bridgehead atoms. The Kier molecular flexibility index (Phi) is 3.41. The number of nitrogens with one attached hydrogen (secondary N) is 1. The molecule has 104 valence electrons. The van der Waals surface area contributed by atoms with Crippen molar-refractivity contribution in [1.82, 2.24) is 9.62 Å². The van der Waals surface area contributed by atoms with Gasteiger partial charge in [0.1, 0.15) is 5.82 Å². The molecule has 0 saturated carbocycles. The van der Waals surface area contributed by atoms with E-state index in [4.69, 9.17) is 0 Å². The van der Waals surface area contributed by atoms with Crippen LogP contribution < -0.4 is 5.32 Å². The molecule has 1 aromatic rings. The minimum absolute atomic E-state index is 0.147. The van der Waals surface area contributed by atoms with Crippen LogP contribution in [-0.2, 0) is 10.0 Å². The van der Waals surface area contributed by atoms with Crippen molar-refractivity contribution >= 4 is 26.0 Å². The van der Waals surface area contributed by atoms with Gasteiger partial charge in [0.15, 0.2) is 0 Å². The Labute approximate surface area is 120 Å². The molecule has 2 heterocycles. The SMILES string of the molecule is O=S(=O)(c1ccc(F)c(Br)c1)N1C[C@H]2CNC[C@H]2C1. The van der Waals surface area contributed by atoms with Gasteiger partial charge in [0.25, 0.3) is 0 Å². The van der Waals surface area contributed by atoms with E-state index in [9.17, 15) is 12.8 Å². The molecule has 0 aromatic heterocycles. The van der Waals surface area contributed by atoms with Gasteiger partial charge in [-0.3, -0.25) is 0 Å². The van der Waals surface area contributed by atoms with E-state index in [0.29, 0.717) is 24.9 Å². The van der Waals surface area contributed by atoms with Gasteiger partial charge in [0, 0.05) is 13.1 Å². The Morgan fingerprint density at radius 3 is 2.47 bits per heavy atom. The number of nitrogens with zero attached hydrogens (tertiary/aromatic N) is 1. The summed E-state index contributed by atoms with van der Waals surface area (Å²) < 4.78 is 39.9. The average Bonchev–Trinajstić information content (AvgIpc) is 2.93. The van der Waals surface area contributed by atoms with Crippen LogP contribution in [0, 0.1) is 17.7 Å². The molecule has 2 aliphatic heterocycles. The van der Waals surface area contributed by atoms with E-state index in [1.54, 1.807) is 0 Å². The molecule has 2 aliphatic rings. The molecular weight excluding hydrogens is 335 g/mol. The fourth-order valence-corrected chi connectivity index (χ4v) is 4.91. The van der Waals surface area contributed by atoms with Crippen LogP contribution in [0.5, 0.6) is 0 Å². The van der Waals surface area contributed by atoms with Crippen LogP contribution >= 0.6 is 15.9 Å². The van der Waals surface area contributed by atoms with Crippen molar-refractivity contribution in [2.75, 3.05) is 26.2 Å². The Balaban J connectivity index is 1.88. The molecule has 3 rings (SSSR count). The van der Waals surface area contributed by atoms with E-state index >= 15 is 0 Å². The predicted octanol–water partition coefficient (Wildman–Crippen LogP) is 1.43. The van der Waals surface area contributed by atoms with Crippen molar-refractivity contribution in [2.45, 2.75) is 4.90 Å². The quantitative estimate of drug-likeness (QED) is 0.879. The Morgan fingerprint density at radius 2 is 1.89 bits per heavy atom. The number of hydrogen-bond acceptors (Lipinski definition) is 3. The Bertz CT molecular complexity index is 596. The van der Waals surface area contributed by atoms with Gasteiger partial charge in [0.2, 0.25) is 10.0 Å². The van der Waals surface area contributed by atoms with E-state index < -0.39 is 15.8 Å². The summed E-state index contributed by atoms with van der Waals surface area (Å²) >= 11 is 3.03. The summed E-state index contributed by atoms with van der Waals surface area (Å²) in [5.74, 6) is 0.346. The van der Waals surface area contributed by atoms with Gasteiger partial charge < -0.3 is 5.32 Å². The molecule has 2 saturated heterocycles. The fourth-order valence-electron chi connectivity index (χ4n) is 2.79. The largest absolute Gasteiger partial charge is 0.316 e. The maximum Gasteiger partial charge on any atom is 0.243 e. The standard InChI is InChI=1S/C12H14BrFN2O2S/c13-11-3-10(1-2-12(11)14)19(17,18)16-6-8-4-15-5-9(8)7-16/h1-3,8-9,15H,4-7H2/t8-,9+. The van der Waals surface area contributed by atoms with Crippen molar-refractivity contribution < 1.29 is 12.8 Å². The number of sulfonamides is 1. The minimum atomic E-state index is -3.51. The third-order valence-electron chi connectivity index (χ3n) is 3.88. The molecule has 19 heavy (non-hydrogen) atoms. The maximum atomic E-state index is 13.2. The fraction of sp³-hybridized carbons (Fsp3) is 0.500. The highest BCUT2D eigenvalue weighted by molar-refractivity contribution is 9.10. The summed E-state index contributed by atoms with van der Waals surface area (Å²) in [4.78, 5) is 0.147. The first-order valence-corrected chi connectivity index (χ1v) is 8.37. The summed E-state index contributed by atoms with van der Waals surface area (Å²) in [7, 11) is -3.51. The molecule has 0 aliphatic carbocycles. The molecule has 2 atom stereocenters. The topological polar surface area (TPSA) is 49.4 Å². The van der Waals surface area contributed by atoms with Crippen molar-refractivity contribution in [2.24, 2.45) is 11.8 Å². The molecule has 7 heteroatoms. The minimum Gasteiger partial charge on any atom is -0.316 e. The highest BCUT2D eigenvalue weighted by Gasteiger charge is 2.41. The third-order valence-corrected chi connectivity index (χ3v) is 6.32. The predicted molar refractivity (Wildman–Crippen MR) is 72.7 cm³/mol. The van der Waals surface area contributed by atoms with Gasteiger partial charge >= 0.3 is 0 Å². The molecule has 0 amide bonds. The van der Waals surface area contributed by atoms with E-state index in [0.717, 1.165) is 13.1 Å².